The first-order chi connectivity index (χ1) is 13.7. The van der Waals surface area contributed by atoms with Crippen LogP contribution in [-0.4, -0.2) is 58.1 Å². The Morgan fingerprint density at radius 2 is 1.79 bits per heavy atom. The number of guanidine groups is 1. The Kier molecular flexibility index (Phi) is 11.2. The third-order valence-corrected chi connectivity index (χ3v) is 6.35. The number of benzene rings is 1. The molecule has 0 saturated carbocycles. The summed E-state index contributed by atoms with van der Waals surface area (Å²) in [6.45, 7) is 13.5. The van der Waals surface area contributed by atoms with E-state index in [4.69, 9.17) is 4.74 Å². The Morgan fingerprint density at radius 3 is 2.34 bits per heavy atom. The van der Waals surface area contributed by atoms with Crippen LogP contribution in [0.4, 0.5) is 0 Å². The minimum Gasteiger partial charge on any atom is -0.381 e. The summed E-state index contributed by atoms with van der Waals surface area (Å²) in [5.74, 6) is 1.29. The molecule has 0 heterocycles. The number of hydrogen-bond donors (Lipinski definition) is 2. The minimum atomic E-state index is -3.46. The smallest absolute Gasteiger partial charge is 0.243 e. The van der Waals surface area contributed by atoms with Crippen LogP contribution in [0.15, 0.2) is 34.2 Å². The van der Waals surface area contributed by atoms with E-state index in [9.17, 15) is 8.42 Å². The maximum Gasteiger partial charge on any atom is 0.243 e. The first-order valence-electron chi connectivity index (χ1n) is 10.3. The lowest BCUT2D eigenvalue weighted by Gasteiger charge is -2.21. The Bertz CT molecular complexity index is 716. The molecule has 0 radical (unpaired) electrons. The maximum atomic E-state index is 12.5. The lowest BCUT2D eigenvalue weighted by Crippen LogP contribution is -2.38. The molecule has 0 spiro atoms. The Hall–Kier alpha value is -1.64. The molecular weight excluding hydrogens is 388 g/mol. The van der Waals surface area contributed by atoms with Gasteiger partial charge in [-0.15, -0.1) is 0 Å². The van der Waals surface area contributed by atoms with Gasteiger partial charge < -0.3 is 15.4 Å². The molecule has 1 aromatic carbocycles. The summed E-state index contributed by atoms with van der Waals surface area (Å²) in [7, 11) is -1.86. The van der Waals surface area contributed by atoms with Gasteiger partial charge in [0, 0.05) is 39.4 Å². The van der Waals surface area contributed by atoms with Gasteiger partial charge in [-0.1, -0.05) is 26.0 Å². The van der Waals surface area contributed by atoms with E-state index in [0.717, 1.165) is 44.2 Å². The molecule has 0 atom stereocenters. The van der Waals surface area contributed by atoms with Crippen LogP contribution in [0.25, 0.3) is 0 Å². The van der Waals surface area contributed by atoms with Gasteiger partial charge in [0.25, 0.3) is 0 Å². The van der Waals surface area contributed by atoms with Gasteiger partial charge in [-0.25, -0.2) is 13.4 Å². The van der Waals surface area contributed by atoms with Crippen LogP contribution in [0, 0.1) is 5.92 Å². The van der Waals surface area contributed by atoms with Crippen molar-refractivity contribution in [2.24, 2.45) is 10.9 Å². The lowest BCUT2D eigenvalue weighted by atomic mass is 10.2. The molecular formula is C21H38N4O3S. The second-order valence-electron chi connectivity index (χ2n) is 7.70. The van der Waals surface area contributed by atoms with E-state index >= 15 is 0 Å². The molecule has 0 aliphatic heterocycles. The molecule has 0 unspecified atom stereocenters. The van der Waals surface area contributed by atoms with Crippen molar-refractivity contribution < 1.29 is 13.2 Å². The molecule has 0 saturated heterocycles. The molecule has 29 heavy (non-hydrogen) atoms. The summed E-state index contributed by atoms with van der Waals surface area (Å²) < 4.78 is 32.0. The fourth-order valence-corrected chi connectivity index (χ4v) is 3.79. The highest BCUT2D eigenvalue weighted by molar-refractivity contribution is 7.89. The van der Waals surface area contributed by atoms with Crippen LogP contribution in [0.2, 0.25) is 0 Å². The SMILES string of the molecule is CCNC(=NCc1ccc(S(=O)(=O)N(C)C(C)C)cc1)NCCCOCC(C)C. The molecule has 2 N–H and O–H groups in total. The number of ether oxygens (including phenoxy) is 1. The van der Waals surface area contributed by atoms with Crippen molar-refractivity contribution >= 4 is 16.0 Å². The van der Waals surface area contributed by atoms with Crippen LogP contribution in [0.5, 0.6) is 0 Å². The van der Waals surface area contributed by atoms with E-state index < -0.39 is 10.0 Å². The van der Waals surface area contributed by atoms with E-state index in [1.807, 2.05) is 32.9 Å². The summed E-state index contributed by atoms with van der Waals surface area (Å²) in [5.41, 5.74) is 0.952. The van der Waals surface area contributed by atoms with Gasteiger partial charge in [0.1, 0.15) is 0 Å². The predicted octanol–water partition coefficient (Wildman–Crippen LogP) is 2.83. The largest absolute Gasteiger partial charge is 0.381 e. The fourth-order valence-electron chi connectivity index (χ4n) is 2.42. The highest BCUT2D eigenvalue weighted by Gasteiger charge is 2.22. The van der Waals surface area contributed by atoms with E-state index in [1.165, 1.54) is 4.31 Å². The highest BCUT2D eigenvalue weighted by Crippen LogP contribution is 2.17. The van der Waals surface area contributed by atoms with Gasteiger partial charge in [-0.05, 0) is 50.8 Å². The summed E-state index contributed by atoms with van der Waals surface area (Å²) in [6, 6.07) is 6.83. The topological polar surface area (TPSA) is 83.0 Å². The number of hydrogen-bond acceptors (Lipinski definition) is 4. The van der Waals surface area contributed by atoms with Crippen molar-refractivity contribution in [3.05, 3.63) is 29.8 Å². The molecule has 166 valence electrons. The second kappa shape index (κ2) is 12.8. The number of sulfonamides is 1. The van der Waals surface area contributed by atoms with Crippen molar-refractivity contribution in [2.45, 2.75) is 58.5 Å². The molecule has 7 nitrogen and oxygen atoms in total. The number of aliphatic imine (C=N–C) groups is 1. The van der Waals surface area contributed by atoms with Crippen molar-refractivity contribution in [2.75, 3.05) is 33.4 Å². The summed E-state index contributed by atoms with van der Waals surface area (Å²) in [4.78, 5) is 4.88. The number of nitrogens with zero attached hydrogens (tertiary/aromatic N) is 2. The van der Waals surface area contributed by atoms with Gasteiger partial charge in [-0.3, -0.25) is 0 Å². The first-order valence-corrected chi connectivity index (χ1v) is 11.8. The second-order valence-corrected chi connectivity index (χ2v) is 9.70. The van der Waals surface area contributed by atoms with Crippen LogP contribution < -0.4 is 10.6 Å². The van der Waals surface area contributed by atoms with Crippen molar-refractivity contribution in [3.63, 3.8) is 0 Å². The normalized spacial score (nSPS) is 12.8. The molecule has 0 aromatic heterocycles. The molecule has 0 bridgehead atoms. The van der Waals surface area contributed by atoms with E-state index in [1.54, 1.807) is 19.2 Å². The van der Waals surface area contributed by atoms with Crippen molar-refractivity contribution in [1.82, 2.24) is 14.9 Å². The Labute approximate surface area is 177 Å². The van der Waals surface area contributed by atoms with Gasteiger partial charge in [0.2, 0.25) is 10.0 Å². The standard InChI is InChI=1S/C21H38N4O3S/c1-7-22-21(23-13-8-14-28-16-17(2)3)24-15-19-9-11-20(12-10-19)29(26,27)25(6)18(4)5/h9-12,17-18H,7-8,13-16H2,1-6H3,(H2,22,23,24). The number of nitrogens with one attached hydrogen (secondary N) is 2. The third kappa shape index (κ3) is 9.14. The zero-order valence-electron chi connectivity index (χ0n) is 18.7. The molecule has 0 aliphatic carbocycles. The molecule has 0 fully saturated rings. The Balaban J connectivity index is 2.61. The predicted molar refractivity (Wildman–Crippen MR) is 120 cm³/mol. The highest BCUT2D eigenvalue weighted by atomic mass is 32.2. The number of rotatable bonds is 12. The van der Waals surface area contributed by atoms with E-state index in [-0.39, 0.29) is 6.04 Å². The molecule has 0 aliphatic rings. The van der Waals surface area contributed by atoms with Gasteiger partial charge in [0.15, 0.2) is 5.96 Å². The average molecular weight is 427 g/mol. The zero-order valence-corrected chi connectivity index (χ0v) is 19.6. The van der Waals surface area contributed by atoms with Gasteiger partial charge in [0.05, 0.1) is 11.4 Å². The average Bonchev–Trinajstić information content (AvgIpc) is 2.67. The summed E-state index contributed by atoms with van der Waals surface area (Å²) in [5, 5.41) is 6.52. The van der Waals surface area contributed by atoms with Crippen molar-refractivity contribution in [3.8, 4) is 0 Å². The summed E-state index contributed by atoms with van der Waals surface area (Å²) >= 11 is 0. The van der Waals surface area contributed by atoms with E-state index in [0.29, 0.717) is 17.4 Å². The van der Waals surface area contributed by atoms with Crippen LogP contribution in [-0.2, 0) is 21.3 Å². The third-order valence-electron chi connectivity index (χ3n) is 4.30. The maximum absolute atomic E-state index is 12.5. The van der Waals surface area contributed by atoms with E-state index in [2.05, 4.69) is 29.5 Å². The molecule has 1 rings (SSSR count). The van der Waals surface area contributed by atoms with Gasteiger partial charge >= 0.3 is 0 Å². The lowest BCUT2D eigenvalue weighted by molar-refractivity contribution is 0.108. The molecule has 8 heteroatoms. The fraction of sp³-hybridized carbons (Fsp3) is 0.667. The molecule has 0 amide bonds. The molecule has 1 aromatic rings. The van der Waals surface area contributed by atoms with Crippen molar-refractivity contribution in [1.29, 1.82) is 0 Å². The monoisotopic (exact) mass is 426 g/mol. The van der Waals surface area contributed by atoms with Crippen LogP contribution in [0.1, 0.15) is 46.6 Å². The Morgan fingerprint density at radius 1 is 1.14 bits per heavy atom. The zero-order chi connectivity index (χ0) is 21.9. The quantitative estimate of drug-likeness (QED) is 0.305. The van der Waals surface area contributed by atoms with Crippen LogP contribution in [0.3, 0.4) is 0 Å². The summed E-state index contributed by atoms with van der Waals surface area (Å²) in [6.07, 6.45) is 0.910. The van der Waals surface area contributed by atoms with Crippen LogP contribution >= 0.6 is 0 Å². The first kappa shape index (κ1) is 25.4. The van der Waals surface area contributed by atoms with Gasteiger partial charge in [-0.2, -0.15) is 4.31 Å². The minimum absolute atomic E-state index is 0.0891.